The molecule has 0 saturated heterocycles. The van der Waals surface area contributed by atoms with Crippen LogP contribution >= 0.6 is 68.0 Å². The van der Waals surface area contributed by atoms with Crippen molar-refractivity contribution >= 4 is 84.7 Å². The van der Waals surface area contributed by atoms with E-state index in [1.807, 2.05) is 0 Å². The molecule has 0 radical (unpaired) electrons. The zero-order chi connectivity index (χ0) is 5.15. The minimum Gasteiger partial charge on any atom is -0.474 e. The Hall–Kier alpha value is 3.19. The second-order valence-corrected chi connectivity index (χ2v) is 26.6. The van der Waals surface area contributed by atoms with Crippen LogP contribution in [0.25, 0.3) is 0 Å². The highest BCUT2D eigenvalue weighted by molar-refractivity contribution is 14.3. The molecule has 0 bridgehead atoms. The van der Waals surface area contributed by atoms with Gasteiger partial charge in [0.1, 0.15) is 0 Å². The second kappa shape index (κ2) is 5.01. The predicted octanol–water partition coefficient (Wildman–Crippen LogP) is 3.51. The molecule has 6 heteroatoms. The second-order valence-electron chi connectivity index (χ2n) is 0.409. The van der Waals surface area contributed by atoms with E-state index in [2.05, 4.69) is 64.5 Å². The van der Waals surface area contributed by atoms with E-state index in [1.165, 1.54) is 0 Å². The van der Waals surface area contributed by atoms with E-state index in [0.29, 0.717) is 4.42 Å². The molecule has 0 aliphatic heterocycles. The van der Waals surface area contributed by atoms with Crippen LogP contribution in [0.5, 0.6) is 0 Å². The zero-order valence-corrected chi connectivity index (χ0v) is 11.4. The SMILES string of the molecule is [S-][P+](I)=S(I)I. The molecular weight excluding hydrogens is 476 g/mol. The van der Waals surface area contributed by atoms with Gasteiger partial charge < -0.3 is 12.2 Å². The van der Waals surface area contributed by atoms with Crippen molar-refractivity contribution < 1.29 is 0 Å². The molecule has 0 aliphatic rings. The van der Waals surface area contributed by atoms with Crippen molar-refractivity contribution in [1.82, 2.24) is 0 Å². The van der Waals surface area contributed by atoms with Crippen LogP contribution in [0.4, 0.5) is 0 Å². The lowest BCUT2D eigenvalue weighted by Crippen LogP contribution is -1.37. The molecule has 38 valence electrons. The van der Waals surface area contributed by atoms with Gasteiger partial charge in [0.25, 0.3) is 0 Å². The van der Waals surface area contributed by atoms with Crippen molar-refractivity contribution in [3.63, 3.8) is 0 Å². The zero-order valence-electron chi connectivity index (χ0n) is 2.40. The summed E-state index contributed by atoms with van der Waals surface area (Å²) in [7, 11) is 0. The smallest absolute Gasteiger partial charge is 0.211 e. The molecule has 0 aliphatic carbocycles. The lowest BCUT2D eigenvalue weighted by Gasteiger charge is -1.80. The largest absolute Gasteiger partial charge is 0.474 e. The van der Waals surface area contributed by atoms with Crippen LogP contribution in [0.2, 0.25) is 0 Å². The Morgan fingerprint density at radius 1 is 1.50 bits per heavy atom. The topological polar surface area (TPSA) is 0 Å². The number of halogens is 3. The van der Waals surface area contributed by atoms with Crippen LogP contribution in [0.3, 0.4) is 0 Å². The van der Waals surface area contributed by atoms with Gasteiger partial charge in [-0.15, -0.1) is 0 Å². The number of hydrogen-bond acceptors (Lipinski definition) is 1. The summed E-state index contributed by atoms with van der Waals surface area (Å²) in [4.78, 5) is 0. The molecule has 0 saturated carbocycles. The van der Waals surface area contributed by atoms with Crippen molar-refractivity contribution in [2.45, 2.75) is 0 Å². The first kappa shape index (κ1) is 9.19. The van der Waals surface area contributed by atoms with Crippen molar-refractivity contribution in [2.24, 2.45) is 0 Å². The third kappa shape index (κ3) is 5.33. The van der Waals surface area contributed by atoms with E-state index < -0.39 is 0 Å². The predicted molar refractivity (Wildman–Crippen MR) is 63.7 cm³/mol. The highest BCUT2D eigenvalue weighted by Gasteiger charge is 1.86. The maximum atomic E-state index is 4.95. The highest BCUT2D eigenvalue weighted by atomic mass is 127. The molecule has 0 fully saturated rings. The van der Waals surface area contributed by atoms with Gasteiger partial charge in [0.05, 0.1) is 7.96 Å². The minimum absolute atomic E-state index is 0.105. The van der Waals surface area contributed by atoms with Crippen LogP contribution in [-0.4, -0.2) is 0 Å². The average molecular weight is 476 g/mol. The van der Waals surface area contributed by atoms with E-state index >= 15 is 0 Å². The van der Waals surface area contributed by atoms with E-state index in [1.54, 1.807) is 0 Å². The van der Waals surface area contributed by atoms with E-state index in [0.717, 1.165) is 0 Å². The molecule has 0 heterocycles. The van der Waals surface area contributed by atoms with Gasteiger partial charge >= 0.3 is 0 Å². The van der Waals surface area contributed by atoms with E-state index in [4.69, 9.17) is 12.2 Å². The summed E-state index contributed by atoms with van der Waals surface area (Å²) < 4.78 is 0.334. The Labute approximate surface area is 82.8 Å². The van der Waals surface area contributed by atoms with Gasteiger partial charge in [0.2, 0.25) is 22.0 Å². The fourth-order valence-electron chi connectivity index (χ4n) is 0. The van der Waals surface area contributed by atoms with Crippen LogP contribution in [0, 0.1) is 0 Å². The lowest BCUT2D eigenvalue weighted by molar-refractivity contribution is 5.79. The molecular formula is I3PS2. The Balaban J connectivity index is 3.68. The van der Waals surface area contributed by atoms with Crippen molar-refractivity contribution in [3.8, 4) is 0 Å². The van der Waals surface area contributed by atoms with Gasteiger partial charge in [-0.1, -0.05) is 0 Å². The Kier molecular flexibility index (Phi) is 7.68. The first-order valence-electron chi connectivity index (χ1n) is 0.843. The van der Waals surface area contributed by atoms with Crippen LogP contribution in [0.1, 0.15) is 0 Å². The van der Waals surface area contributed by atoms with E-state index in [9.17, 15) is 0 Å². The molecule has 0 spiro atoms. The molecule has 0 aromatic carbocycles. The first-order chi connectivity index (χ1) is 2.64. The number of rotatable bonds is 0. The molecule has 0 aromatic rings. The normalized spacial score (nSPS) is 12.5. The summed E-state index contributed by atoms with van der Waals surface area (Å²) in [5.41, 5.74) is 0. The van der Waals surface area contributed by atoms with Gasteiger partial charge in [0, 0.05) is 42.4 Å². The minimum atomic E-state index is -0.105. The molecule has 0 nitrogen and oxygen atoms in total. The Morgan fingerprint density at radius 3 is 1.67 bits per heavy atom. The molecule has 0 N–H and O–H groups in total. The van der Waals surface area contributed by atoms with Crippen molar-refractivity contribution in [1.29, 1.82) is 0 Å². The maximum absolute atomic E-state index is 4.95. The van der Waals surface area contributed by atoms with E-state index in [-0.39, 0.29) is 3.54 Å². The molecule has 1 unspecified atom stereocenters. The van der Waals surface area contributed by atoms with Gasteiger partial charge in [-0.25, -0.2) is 0 Å². The van der Waals surface area contributed by atoms with Gasteiger partial charge in [-0.05, 0) is 0 Å². The standard InChI is InChI=1S/I3PS2/c1-4(5)6(2)3. The quantitative estimate of drug-likeness (QED) is 0.293. The summed E-state index contributed by atoms with van der Waals surface area (Å²) >= 11 is 12.0. The summed E-state index contributed by atoms with van der Waals surface area (Å²) in [6.45, 7) is 0. The number of hydrogen-bond donors (Lipinski definition) is 0. The summed E-state index contributed by atoms with van der Waals surface area (Å²) in [5, 5.41) is 0. The summed E-state index contributed by atoms with van der Waals surface area (Å²) in [5.74, 6) is 0. The third-order valence-corrected chi connectivity index (χ3v) is 31.3. The molecule has 0 aromatic heterocycles. The van der Waals surface area contributed by atoms with Gasteiger partial charge in [-0.3, -0.25) is 0 Å². The molecule has 0 amide bonds. The molecule has 1 atom stereocenters. The van der Waals surface area contributed by atoms with Gasteiger partial charge in [-0.2, -0.15) is 0 Å². The average Bonchev–Trinajstić information content (AvgIpc) is 1.36. The maximum Gasteiger partial charge on any atom is 0.211 e. The monoisotopic (exact) mass is 476 g/mol. The summed E-state index contributed by atoms with van der Waals surface area (Å²) in [6, 6.07) is 0. The Morgan fingerprint density at radius 2 is 1.67 bits per heavy atom. The highest BCUT2D eigenvalue weighted by Crippen LogP contribution is 2.40. The van der Waals surface area contributed by atoms with Crippen LogP contribution in [0.15, 0.2) is 0 Å². The van der Waals surface area contributed by atoms with Crippen molar-refractivity contribution in [3.05, 3.63) is 0 Å². The Bertz CT molecular complexity index is 58.9. The van der Waals surface area contributed by atoms with Crippen molar-refractivity contribution in [2.75, 3.05) is 0 Å². The molecule has 0 rings (SSSR count). The van der Waals surface area contributed by atoms with Crippen LogP contribution in [-0.2, 0) is 16.7 Å². The third-order valence-electron chi connectivity index (χ3n) is 0.109. The molecule has 6 heavy (non-hydrogen) atoms. The lowest BCUT2D eigenvalue weighted by atomic mass is 30.2. The van der Waals surface area contributed by atoms with Crippen LogP contribution < -0.4 is 0 Å². The first-order valence-corrected chi connectivity index (χ1v) is 12.9. The summed E-state index contributed by atoms with van der Waals surface area (Å²) in [6.07, 6.45) is 0. The fourth-order valence-corrected chi connectivity index (χ4v) is 0. The fraction of sp³-hybridized carbons (Fsp3) is 0. The van der Waals surface area contributed by atoms with Gasteiger partial charge in [0.15, 0.2) is 0 Å².